The lowest BCUT2D eigenvalue weighted by Crippen LogP contribution is -2.51. The lowest BCUT2D eigenvalue weighted by molar-refractivity contribution is -0.0324. The van der Waals surface area contributed by atoms with Crippen molar-refractivity contribution in [1.29, 1.82) is 0 Å². The Kier molecular flexibility index (Phi) is 4.95. The van der Waals surface area contributed by atoms with E-state index in [9.17, 15) is 4.79 Å². The lowest BCUT2D eigenvalue weighted by atomic mass is 9.50. The van der Waals surface area contributed by atoms with Crippen LogP contribution in [0.2, 0.25) is 0 Å². The van der Waals surface area contributed by atoms with Crippen LogP contribution >= 0.6 is 0 Å². The van der Waals surface area contributed by atoms with Crippen molar-refractivity contribution < 1.29 is 19.0 Å². The number of carbonyl (C=O) groups excluding carboxylic acids is 1. The first kappa shape index (κ1) is 19.0. The predicted octanol–water partition coefficient (Wildman–Crippen LogP) is 3.72. The third-order valence-corrected chi connectivity index (χ3v) is 6.88. The predicted molar refractivity (Wildman–Crippen MR) is 102 cm³/mol. The molecule has 2 aliphatic rings. The summed E-state index contributed by atoms with van der Waals surface area (Å²) in [5.74, 6) is 0.584. The van der Waals surface area contributed by atoms with Crippen LogP contribution in [0, 0.1) is 11.3 Å². The molecule has 0 spiro atoms. The third kappa shape index (κ3) is 2.68. The molecule has 0 heterocycles. The van der Waals surface area contributed by atoms with Crippen molar-refractivity contribution in [1.82, 2.24) is 0 Å². The maximum absolute atomic E-state index is 12.3. The summed E-state index contributed by atoms with van der Waals surface area (Å²) in [6.07, 6.45) is 5.38. The molecule has 3 rings (SSSR count). The molecule has 3 atom stereocenters. The van der Waals surface area contributed by atoms with Gasteiger partial charge >= 0.3 is 5.97 Å². The van der Waals surface area contributed by atoms with E-state index < -0.39 is 5.97 Å². The molecule has 1 aromatic carbocycles. The number of methoxy groups -OCH3 is 3. The molecule has 26 heavy (non-hydrogen) atoms. The summed E-state index contributed by atoms with van der Waals surface area (Å²) >= 11 is 0. The molecule has 1 aromatic rings. The van der Waals surface area contributed by atoms with Crippen LogP contribution in [0.4, 0.5) is 5.69 Å². The lowest BCUT2D eigenvalue weighted by Gasteiger charge is -2.55. The molecule has 0 amide bonds. The van der Waals surface area contributed by atoms with Crippen LogP contribution in [0.15, 0.2) is 6.07 Å². The van der Waals surface area contributed by atoms with Gasteiger partial charge in [0.2, 0.25) is 0 Å². The molecule has 0 aliphatic heterocycles. The summed E-state index contributed by atoms with van der Waals surface area (Å²) in [6.45, 7) is 5.47. The van der Waals surface area contributed by atoms with Crippen molar-refractivity contribution in [3.63, 3.8) is 0 Å². The highest BCUT2D eigenvalue weighted by atomic mass is 16.5. The van der Waals surface area contributed by atoms with Crippen molar-refractivity contribution in [2.24, 2.45) is 11.3 Å². The minimum Gasteiger partial charge on any atom is -0.496 e. The van der Waals surface area contributed by atoms with Gasteiger partial charge in [-0.3, -0.25) is 0 Å². The van der Waals surface area contributed by atoms with E-state index in [0.717, 1.165) is 37.9 Å². The van der Waals surface area contributed by atoms with E-state index in [4.69, 9.17) is 19.9 Å². The Labute approximate surface area is 156 Å². The summed E-state index contributed by atoms with van der Waals surface area (Å²) in [5, 5.41) is 0. The van der Waals surface area contributed by atoms with Crippen LogP contribution in [-0.2, 0) is 21.3 Å². The number of rotatable bonds is 4. The maximum Gasteiger partial charge on any atom is 0.343 e. The van der Waals surface area contributed by atoms with Gasteiger partial charge in [0, 0.05) is 7.11 Å². The highest BCUT2D eigenvalue weighted by molar-refractivity contribution is 5.99. The number of nitrogen functional groups attached to an aromatic ring is 1. The summed E-state index contributed by atoms with van der Waals surface area (Å²) in [4.78, 5) is 12.3. The second-order valence-electron chi connectivity index (χ2n) is 8.33. The minimum absolute atomic E-state index is 0.00909. The second-order valence-corrected chi connectivity index (χ2v) is 8.33. The fourth-order valence-corrected chi connectivity index (χ4v) is 5.73. The smallest absolute Gasteiger partial charge is 0.343 e. The second kappa shape index (κ2) is 6.76. The molecule has 1 unspecified atom stereocenters. The Morgan fingerprint density at radius 1 is 1.27 bits per heavy atom. The number of carbonyl (C=O) groups is 1. The number of anilines is 1. The fraction of sp³-hybridized carbons (Fsp3) is 0.667. The molecular weight excluding hydrogens is 330 g/mol. The van der Waals surface area contributed by atoms with Crippen LogP contribution < -0.4 is 10.5 Å². The van der Waals surface area contributed by atoms with Crippen LogP contribution in [0.1, 0.15) is 61.0 Å². The summed E-state index contributed by atoms with van der Waals surface area (Å²) in [6, 6.07) is 2.03. The van der Waals surface area contributed by atoms with Crippen LogP contribution in [-0.4, -0.2) is 33.9 Å². The zero-order valence-electron chi connectivity index (χ0n) is 16.6. The first-order valence-electron chi connectivity index (χ1n) is 9.39. The van der Waals surface area contributed by atoms with Crippen LogP contribution in [0.3, 0.4) is 0 Å². The number of hydrogen-bond acceptors (Lipinski definition) is 5. The highest BCUT2D eigenvalue weighted by Gasteiger charge is 2.52. The Bertz CT molecular complexity index is 712. The van der Waals surface area contributed by atoms with Crippen molar-refractivity contribution >= 4 is 11.7 Å². The average Bonchev–Trinajstić information content (AvgIpc) is 2.61. The molecule has 144 valence electrons. The van der Waals surface area contributed by atoms with Gasteiger partial charge in [0.15, 0.2) is 0 Å². The van der Waals surface area contributed by atoms with E-state index >= 15 is 0 Å². The summed E-state index contributed by atoms with van der Waals surface area (Å²) < 4.78 is 16.1. The molecule has 1 fully saturated rings. The third-order valence-electron chi connectivity index (χ3n) is 6.88. The number of hydrogen-bond donors (Lipinski definition) is 1. The highest BCUT2D eigenvalue weighted by Crippen LogP contribution is 2.58. The summed E-state index contributed by atoms with van der Waals surface area (Å²) in [7, 11) is 4.74. The molecule has 1 saturated carbocycles. The standard InChI is InChI=1S/C21H31NO4/c1-20(12-24-3)9-6-10-21(2)14-11-15(25-4)17(19(23)26-5)18(22)13(14)7-8-16(20)21/h11,16H,6-10,12,22H2,1-5H3/t16?,20-,21-/m1/s1. The van der Waals surface area contributed by atoms with E-state index in [1.165, 1.54) is 19.1 Å². The Morgan fingerprint density at radius 3 is 2.62 bits per heavy atom. The molecule has 0 radical (unpaired) electrons. The van der Waals surface area contributed by atoms with Crippen molar-refractivity contribution in [2.45, 2.75) is 51.4 Å². The van der Waals surface area contributed by atoms with Crippen LogP contribution in [0.5, 0.6) is 5.75 Å². The first-order valence-corrected chi connectivity index (χ1v) is 9.39. The first-order chi connectivity index (χ1) is 12.3. The van der Waals surface area contributed by atoms with Gasteiger partial charge < -0.3 is 19.9 Å². The molecule has 5 nitrogen and oxygen atoms in total. The van der Waals surface area contributed by atoms with Crippen molar-refractivity contribution in [3.8, 4) is 5.75 Å². The molecule has 0 aromatic heterocycles. The van der Waals surface area contributed by atoms with Crippen LogP contribution in [0.25, 0.3) is 0 Å². The van der Waals surface area contributed by atoms with Gasteiger partial charge in [-0.25, -0.2) is 4.79 Å². The topological polar surface area (TPSA) is 70.8 Å². The SMILES string of the molecule is COC[C@@]1(C)CCC[C@]2(C)c3cc(OC)c(C(=O)OC)c(N)c3CCC12. The molecular formula is C21H31NO4. The van der Waals surface area contributed by atoms with Gasteiger partial charge in [-0.1, -0.05) is 20.3 Å². The van der Waals surface area contributed by atoms with E-state index in [2.05, 4.69) is 13.8 Å². The molecule has 0 bridgehead atoms. The van der Waals surface area contributed by atoms with Crippen molar-refractivity contribution in [3.05, 3.63) is 22.8 Å². The number of nitrogens with two attached hydrogens (primary N) is 1. The van der Waals surface area contributed by atoms with Crippen molar-refractivity contribution in [2.75, 3.05) is 33.7 Å². The number of benzene rings is 1. The zero-order valence-corrected chi connectivity index (χ0v) is 16.6. The monoisotopic (exact) mass is 361 g/mol. The van der Waals surface area contributed by atoms with Gasteiger partial charge in [0.05, 0.1) is 26.5 Å². The van der Waals surface area contributed by atoms with E-state index in [-0.39, 0.29) is 10.8 Å². The number of esters is 1. The van der Waals surface area contributed by atoms with Gasteiger partial charge in [-0.15, -0.1) is 0 Å². The minimum atomic E-state index is -0.442. The molecule has 5 heteroatoms. The van der Waals surface area contributed by atoms with Gasteiger partial charge in [-0.05, 0) is 59.6 Å². The molecule has 2 aliphatic carbocycles. The molecule has 2 N–H and O–H groups in total. The normalized spacial score (nSPS) is 30.3. The quantitative estimate of drug-likeness (QED) is 0.654. The van der Waals surface area contributed by atoms with E-state index in [1.54, 1.807) is 14.2 Å². The Morgan fingerprint density at radius 2 is 2.00 bits per heavy atom. The van der Waals surface area contributed by atoms with Gasteiger partial charge in [-0.2, -0.15) is 0 Å². The number of ether oxygens (including phenoxy) is 3. The van der Waals surface area contributed by atoms with E-state index in [0.29, 0.717) is 22.9 Å². The van der Waals surface area contributed by atoms with E-state index in [1.807, 2.05) is 6.07 Å². The van der Waals surface area contributed by atoms with Gasteiger partial charge in [0.1, 0.15) is 11.3 Å². The fourth-order valence-electron chi connectivity index (χ4n) is 5.73. The average molecular weight is 361 g/mol. The molecule has 0 saturated heterocycles. The largest absolute Gasteiger partial charge is 0.496 e. The zero-order chi connectivity index (χ0) is 19.1. The number of fused-ring (bicyclic) bond motifs is 3. The maximum atomic E-state index is 12.3. The Hall–Kier alpha value is -1.75. The summed E-state index contributed by atoms with van der Waals surface area (Å²) in [5.41, 5.74) is 9.82. The van der Waals surface area contributed by atoms with Gasteiger partial charge in [0.25, 0.3) is 0 Å². The Balaban J connectivity index is 2.17.